The molecule has 24 heavy (non-hydrogen) atoms. The van der Waals surface area contributed by atoms with Gasteiger partial charge >= 0.3 is 0 Å². The highest BCUT2D eigenvalue weighted by molar-refractivity contribution is 6.02. The maximum Gasteiger partial charge on any atom is 0.0967 e. The van der Waals surface area contributed by atoms with Crippen LogP contribution in [0.3, 0.4) is 0 Å². The van der Waals surface area contributed by atoms with E-state index in [1.807, 2.05) is 12.3 Å². The SMILES string of the molecule is CCCCCCCCCCc1ccc2ccc3cccnc3c2n1. The molecule has 3 rings (SSSR count). The molecule has 2 aromatic heterocycles. The van der Waals surface area contributed by atoms with Gasteiger partial charge in [0.05, 0.1) is 11.0 Å². The van der Waals surface area contributed by atoms with Crippen molar-refractivity contribution in [2.24, 2.45) is 0 Å². The van der Waals surface area contributed by atoms with Gasteiger partial charge in [-0.15, -0.1) is 0 Å². The highest BCUT2D eigenvalue weighted by Gasteiger charge is 2.04. The molecular formula is C22H28N2. The fourth-order valence-corrected chi connectivity index (χ4v) is 3.34. The van der Waals surface area contributed by atoms with Crippen LogP contribution < -0.4 is 0 Å². The molecule has 126 valence electrons. The molecule has 0 bridgehead atoms. The summed E-state index contributed by atoms with van der Waals surface area (Å²) in [4.78, 5) is 9.43. The fraction of sp³-hybridized carbons (Fsp3) is 0.455. The first kappa shape index (κ1) is 16.9. The van der Waals surface area contributed by atoms with Gasteiger partial charge in [-0.3, -0.25) is 9.97 Å². The van der Waals surface area contributed by atoms with Gasteiger partial charge in [-0.1, -0.05) is 76.1 Å². The summed E-state index contributed by atoms with van der Waals surface area (Å²) in [5.74, 6) is 0. The van der Waals surface area contributed by atoms with Crippen LogP contribution in [0, 0.1) is 0 Å². The lowest BCUT2D eigenvalue weighted by atomic mass is 10.1. The first-order chi connectivity index (χ1) is 11.9. The van der Waals surface area contributed by atoms with Crippen LogP contribution in [0.15, 0.2) is 42.6 Å². The average molecular weight is 320 g/mol. The van der Waals surface area contributed by atoms with Crippen molar-refractivity contribution < 1.29 is 0 Å². The smallest absolute Gasteiger partial charge is 0.0967 e. The first-order valence-corrected chi connectivity index (χ1v) is 9.52. The van der Waals surface area contributed by atoms with Crippen molar-refractivity contribution in [1.82, 2.24) is 9.97 Å². The zero-order chi connectivity index (χ0) is 16.6. The monoisotopic (exact) mass is 320 g/mol. The lowest BCUT2D eigenvalue weighted by molar-refractivity contribution is 0.574. The molecule has 0 spiro atoms. The minimum Gasteiger partial charge on any atom is -0.254 e. The van der Waals surface area contributed by atoms with Crippen molar-refractivity contribution in [2.45, 2.75) is 64.7 Å². The van der Waals surface area contributed by atoms with Crippen molar-refractivity contribution >= 4 is 21.8 Å². The molecule has 2 heterocycles. The predicted octanol–water partition coefficient (Wildman–Crippen LogP) is 6.47. The van der Waals surface area contributed by atoms with Gasteiger partial charge in [0, 0.05) is 22.7 Å². The van der Waals surface area contributed by atoms with E-state index in [1.165, 1.54) is 67.8 Å². The first-order valence-electron chi connectivity index (χ1n) is 9.52. The minimum atomic E-state index is 1.02. The van der Waals surface area contributed by atoms with Crippen LogP contribution in [0.2, 0.25) is 0 Å². The van der Waals surface area contributed by atoms with E-state index in [2.05, 4.69) is 42.2 Å². The van der Waals surface area contributed by atoms with Crippen LogP contribution in [-0.2, 0) is 6.42 Å². The van der Waals surface area contributed by atoms with Gasteiger partial charge in [0.2, 0.25) is 0 Å². The molecule has 0 saturated carbocycles. The number of hydrogen-bond acceptors (Lipinski definition) is 2. The number of pyridine rings is 2. The Morgan fingerprint density at radius 3 is 2.17 bits per heavy atom. The molecule has 0 N–H and O–H groups in total. The van der Waals surface area contributed by atoms with E-state index in [0.29, 0.717) is 0 Å². The maximum atomic E-state index is 4.90. The minimum absolute atomic E-state index is 1.02. The van der Waals surface area contributed by atoms with Gasteiger partial charge < -0.3 is 0 Å². The van der Waals surface area contributed by atoms with E-state index in [-0.39, 0.29) is 0 Å². The van der Waals surface area contributed by atoms with E-state index in [9.17, 15) is 0 Å². The molecule has 0 atom stereocenters. The average Bonchev–Trinajstić information content (AvgIpc) is 2.63. The summed E-state index contributed by atoms with van der Waals surface area (Å²) in [5.41, 5.74) is 3.27. The van der Waals surface area contributed by atoms with Crippen LogP contribution >= 0.6 is 0 Å². The second-order valence-electron chi connectivity index (χ2n) is 6.74. The van der Waals surface area contributed by atoms with E-state index < -0.39 is 0 Å². The Morgan fingerprint density at radius 2 is 1.38 bits per heavy atom. The van der Waals surface area contributed by atoms with Gasteiger partial charge in [0.15, 0.2) is 0 Å². The Hall–Kier alpha value is -1.96. The summed E-state index contributed by atoms with van der Waals surface area (Å²) in [5, 5.41) is 2.35. The molecule has 0 radical (unpaired) electrons. The van der Waals surface area contributed by atoms with Crippen molar-refractivity contribution in [3.8, 4) is 0 Å². The maximum absolute atomic E-state index is 4.90. The predicted molar refractivity (Wildman–Crippen MR) is 103 cm³/mol. The van der Waals surface area contributed by atoms with Crippen molar-refractivity contribution in [1.29, 1.82) is 0 Å². The molecular weight excluding hydrogens is 292 g/mol. The van der Waals surface area contributed by atoms with Crippen LogP contribution in [0.1, 0.15) is 64.0 Å². The highest BCUT2D eigenvalue weighted by atomic mass is 14.7. The van der Waals surface area contributed by atoms with E-state index in [1.54, 1.807) is 0 Å². The third-order valence-electron chi connectivity index (χ3n) is 4.78. The van der Waals surface area contributed by atoms with Crippen molar-refractivity contribution in [3.63, 3.8) is 0 Å². The van der Waals surface area contributed by atoms with E-state index >= 15 is 0 Å². The number of benzene rings is 1. The second kappa shape index (κ2) is 8.77. The fourth-order valence-electron chi connectivity index (χ4n) is 3.34. The number of aryl methyl sites for hydroxylation is 1. The van der Waals surface area contributed by atoms with Gasteiger partial charge in [0.1, 0.15) is 0 Å². The number of nitrogens with zero attached hydrogens (tertiary/aromatic N) is 2. The number of aromatic nitrogens is 2. The Balaban J connectivity index is 1.57. The van der Waals surface area contributed by atoms with Gasteiger partial charge in [-0.25, -0.2) is 0 Å². The summed E-state index contributed by atoms with van der Waals surface area (Å²) >= 11 is 0. The summed E-state index contributed by atoms with van der Waals surface area (Å²) in [6.45, 7) is 2.27. The molecule has 0 aliphatic heterocycles. The van der Waals surface area contributed by atoms with Gasteiger partial charge in [-0.2, -0.15) is 0 Å². The molecule has 0 amide bonds. The zero-order valence-corrected chi connectivity index (χ0v) is 14.8. The van der Waals surface area contributed by atoms with Crippen molar-refractivity contribution in [2.75, 3.05) is 0 Å². The van der Waals surface area contributed by atoms with Crippen LogP contribution in [0.25, 0.3) is 21.8 Å². The molecule has 2 heteroatoms. The van der Waals surface area contributed by atoms with Gasteiger partial charge in [0.25, 0.3) is 0 Å². The highest BCUT2D eigenvalue weighted by Crippen LogP contribution is 2.22. The lowest BCUT2D eigenvalue weighted by Gasteiger charge is -2.06. The topological polar surface area (TPSA) is 25.8 Å². The number of rotatable bonds is 9. The standard InChI is InChI=1S/C22H28N2/c1-2-3-4-5-6-7-8-9-12-20-16-15-19-14-13-18-11-10-17-23-21(18)22(19)24-20/h10-11,13-17H,2-9,12H2,1H3. The zero-order valence-electron chi connectivity index (χ0n) is 14.8. The molecule has 0 unspecified atom stereocenters. The molecule has 2 nitrogen and oxygen atoms in total. The third-order valence-corrected chi connectivity index (χ3v) is 4.78. The molecule has 0 fully saturated rings. The number of fused-ring (bicyclic) bond motifs is 3. The van der Waals surface area contributed by atoms with E-state index in [4.69, 9.17) is 4.98 Å². The summed E-state index contributed by atoms with van der Waals surface area (Å²) < 4.78 is 0. The number of unbranched alkanes of at least 4 members (excludes halogenated alkanes) is 7. The molecule has 1 aromatic carbocycles. The third kappa shape index (κ3) is 4.31. The van der Waals surface area contributed by atoms with Gasteiger partial charge in [-0.05, 0) is 25.0 Å². The summed E-state index contributed by atoms with van der Waals surface area (Å²) in [7, 11) is 0. The summed E-state index contributed by atoms with van der Waals surface area (Å²) in [6.07, 6.45) is 13.8. The quantitative estimate of drug-likeness (QED) is 0.334. The molecule has 0 aliphatic rings. The molecule has 0 aliphatic carbocycles. The Labute approximate surface area is 145 Å². The second-order valence-corrected chi connectivity index (χ2v) is 6.74. The molecule has 3 aromatic rings. The molecule has 0 saturated heterocycles. The summed E-state index contributed by atoms with van der Waals surface area (Å²) in [6, 6.07) is 12.7. The largest absolute Gasteiger partial charge is 0.254 e. The van der Waals surface area contributed by atoms with Crippen LogP contribution in [0.4, 0.5) is 0 Å². The van der Waals surface area contributed by atoms with Crippen LogP contribution in [0.5, 0.6) is 0 Å². The van der Waals surface area contributed by atoms with Crippen LogP contribution in [-0.4, -0.2) is 9.97 Å². The lowest BCUT2D eigenvalue weighted by Crippen LogP contribution is -1.93. The van der Waals surface area contributed by atoms with E-state index in [0.717, 1.165) is 17.5 Å². The van der Waals surface area contributed by atoms with Crippen molar-refractivity contribution in [3.05, 3.63) is 48.3 Å². The Bertz CT molecular complexity index is 779. The Kier molecular flexibility index (Phi) is 6.17. The normalized spacial score (nSPS) is 11.4. The number of hydrogen-bond donors (Lipinski definition) is 0. The Morgan fingerprint density at radius 1 is 0.708 bits per heavy atom.